The zero-order valence-corrected chi connectivity index (χ0v) is 15.1. The van der Waals surface area contributed by atoms with E-state index in [0.29, 0.717) is 25.6 Å². The normalized spacial score (nSPS) is 11.8. The minimum atomic E-state index is -2.64. The summed E-state index contributed by atoms with van der Waals surface area (Å²) in [5.41, 5.74) is 1.08. The van der Waals surface area contributed by atoms with E-state index in [2.05, 4.69) is 20.8 Å². The van der Waals surface area contributed by atoms with Gasteiger partial charge in [0.15, 0.2) is 0 Å². The molecule has 1 N–H and O–H groups in total. The van der Waals surface area contributed by atoms with E-state index in [9.17, 15) is 5.11 Å². The lowest BCUT2D eigenvalue weighted by atomic mass is 10.2. The smallest absolute Gasteiger partial charge is 0.501 e. The van der Waals surface area contributed by atoms with E-state index >= 15 is 0 Å². The highest BCUT2D eigenvalue weighted by molar-refractivity contribution is 6.60. The molecule has 0 radical (unpaired) electrons. The van der Waals surface area contributed by atoms with Crippen LogP contribution in [0.4, 0.5) is 0 Å². The van der Waals surface area contributed by atoms with Gasteiger partial charge in [0.05, 0.1) is 0 Å². The van der Waals surface area contributed by atoms with Crippen molar-refractivity contribution >= 4 is 8.80 Å². The fourth-order valence-corrected chi connectivity index (χ4v) is 4.95. The van der Waals surface area contributed by atoms with Gasteiger partial charge in [-0.15, -0.1) is 0 Å². The van der Waals surface area contributed by atoms with E-state index in [4.69, 9.17) is 13.3 Å². The van der Waals surface area contributed by atoms with Crippen LogP contribution >= 0.6 is 0 Å². The Morgan fingerprint density at radius 2 is 1.45 bits per heavy atom. The first-order valence-electron chi connectivity index (χ1n) is 8.35. The number of aryl methyl sites for hydroxylation is 1. The summed E-state index contributed by atoms with van der Waals surface area (Å²) >= 11 is 0. The molecule has 22 heavy (non-hydrogen) atoms. The average Bonchev–Trinajstić information content (AvgIpc) is 2.53. The monoisotopic (exact) mass is 326 g/mol. The SMILES string of the molecule is CCCO[Si](CCc1cccc(O)c1)(OCCC)OCCC. The van der Waals surface area contributed by atoms with Crippen LogP contribution in [0.1, 0.15) is 45.6 Å². The summed E-state index contributed by atoms with van der Waals surface area (Å²) in [5, 5.41) is 9.58. The molecule has 5 heteroatoms. The fraction of sp³-hybridized carbons (Fsp3) is 0.647. The number of phenolic OH excluding ortho intramolecular Hbond substituents is 1. The van der Waals surface area contributed by atoms with Gasteiger partial charge in [0.25, 0.3) is 0 Å². The second-order valence-corrected chi connectivity index (χ2v) is 8.13. The first kappa shape index (κ1) is 19.2. The first-order valence-corrected chi connectivity index (χ1v) is 10.3. The van der Waals surface area contributed by atoms with Gasteiger partial charge >= 0.3 is 8.80 Å². The van der Waals surface area contributed by atoms with Crippen LogP contribution < -0.4 is 0 Å². The van der Waals surface area contributed by atoms with Gasteiger partial charge < -0.3 is 18.4 Å². The highest BCUT2D eigenvalue weighted by atomic mass is 28.4. The average molecular weight is 327 g/mol. The third kappa shape index (κ3) is 6.92. The molecule has 0 fully saturated rings. The lowest BCUT2D eigenvalue weighted by molar-refractivity contribution is 0.0593. The molecule has 0 spiro atoms. The molecule has 0 aliphatic heterocycles. The van der Waals surface area contributed by atoms with Gasteiger partial charge in [0, 0.05) is 25.9 Å². The molecule has 0 unspecified atom stereocenters. The molecule has 1 aromatic carbocycles. The van der Waals surface area contributed by atoms with Crippen LogP contribution in [0, 0.1) is 0 Å². The third-order valence-corrected chi connectivity index (χ3v) is 6.00. The van der Waals surface area contributed by atoms with Crippen molar-refractivity contribution in [3.63, 3.8) is 0 Å². The molecule has 0 saturated heterocycles. The third-order valence-electron chi connectivity index (χ3n) is 3.21. The van der Waals surface area contributed by atoms with Gasteiger partial charge in [-0.05, 0) is 43.4 Å². The Morgan fingerprint density at radius 1 is 0.909 bits per heavy atom. The summed E-state index contributed by atoms with van der Waals surface area (Å²) in [7, 11) is -2.64. The van der Waals surface area contributed by atoms with Gasteiger partial charge in [0.2, 0.25) is 0 Å². The minimum Gasteiger partial charge on any atom is -0.508 e. The van der Waals surface area contributed by atoms with Crippen LogP contribution in [-0.2, 0) is 19.7 Å². The summed E-state index contributed by atoms with van der Waals surface area (Å²) in [4.78, 5) is 0. The van der Waals surface area contributed by atoms with Crippen LogP contribution in [0.25, 0.3) is 0 Å². The first-order chi connectivity index (χ1) is 10.7. The Morgan fingerprint density at radius 3 is 1.91 bits per heavy atom. The Kier molecular flexibility index (Phi) is 9.39. The molecule has 0 aromatic heterocycles. The lowest BCUT2D eigenvalue weighted by Gasteiger charge is -2.29. The predicted octanol–water partition coefficient (Wildman–Crippen LogP) is 4.15. The highest BCUT2D eigenvalue weighted by Crippen LogP contribution is 2.22. The Bertz CT molecular complexity index is 390. The molecule has 0 aliphatic carbocycles. The molecule has 0 atom stereocenters. The van der Waals surface area contributed by atoms with E-state index in [1.807, 2.05) is 12.1 Å². The zero-order chi connectivity index (χ0) is 16.3. The summed E-state index contributed by atoms with van der Waals surface area (Å²) in [6, 6.07) is 8.09. The maximum Gasteiger partial charge on any atom is 0.501 e. The number of phenols is 1. The van der Waals surface area contributed by atoms with Crippen molar-refractivity contribution < 1.29 is 18.4 Å². The fourth-order valence-electron chi connectivity index (χ4n) is 2.12. The summed E-state index contributed by atoms with van der Waals surface area (Å²) in [5.74, 6) is 0.295. The molecule has 126 valence electrons. The van der Waals surface area contributed by atoms with Crippen LogP contribution in [0.5, 0.6) is 5.75 Å². The van der Waals surface area contributed by atoms with Gasteiger partial charge in [-0.2, -0.15) is 0 Å². The topological polar surface area (TPSA) is 47.9 Å². The Hall–Kier alpha value is -0.883. The number of hydrogen-bond acceptors (Lipinski definition) is 4. The molecule has 1 aromatic rings. The van der Waals surface area contributed by atoms with Gasteiger partial charge in [-0.3, -0.25) is 0 Å². The van der Waals surface area contributed by atoms with Crippen molar-refractivity contribution in [2.24, 2.45) is 0 Å². The van der Waals surface area contributed by atoms with Crippen molar-refractivity contribution in [2.45, 2.75) is 52.5 Å². The van der Waals surface area contributed by atoms with E-state index in [0.717, 1.165) is 37.3 Å². The second-order valence-electron chi connectivity index (χ2n) is 5.40. The van der Waals surface area contributed by atoms with Crippen LogP contribution in [0.3, 0.4) is 0 Å². The number of aromatic hydroxyl groups is 1. The molecule has 4 nitrogen and oxygen atoms in total. The van der Waals surface area contributed by atoms with E-state index < -0.39 is 8.80 Å². The van der Waals surface area contributed by atoms with Crippen LogP contribution in [-0.4, -0.2) is 33.7 Å². The summed E-state index contributed by atoms with van der Waals surface area (Å²) < 4.78 is 18.2. The maximum atomic E-state index is 9.58. The van der Waals surface area contributed by atoms with Crippen molar-refractivity contribution in [1.82, 2.24) is 0 Å². The van der Waals surface area contributed by atoms with Crippen molar-refractivity contribution in [3.05, 3.63) is 29.8 Å². The maximum absolute atomic E-state index is 9.58. The second kappa shape index (κ2) is 10.8. The summed E-state index contributed by atoms with van der Waals surface area (Å²) in [6.07, 6.45) is 3.64. The number of hydrogen-bond donors (Lipinski definition) is 1. The molecule has 0 amide bonds. The quantitative estimate of drug-likeness (QED) is 0.586. The van der Waals surface area contributed by atoms with E-state index in [1.54, 1.807) is 12.1 Å². The van der Waals surface area contributed by atoms with Crippen molar-refractivity contribution in [1.29, 1.82) is 0 Å². The van der Waals surface area contributed by atoms with E-state index in [-0.39, 0.29) is 0 Å². The zero-order valence-electron chi connectivity index (χ0n) is 14.1. The molecule has 1 rings (SSSR count). The number of benzene rings is 1. The summed E-state index contributed by atoms with van der Waals surface area (Å²) in [6.45, 7) is 8.27. The highest BCUT2D eigenvalue weighted by Gasteiger charge is 2.40. The van der Waals surface area contributed by atoms with Gasteiger partial charge in [0.1, 0.15) is 5.75 Å². The molecular formula is C17H30O4Si. The largest absolute Gasteiger partial charge is 0.508 e. The number of rotatable bonds is 12. The molecule has 0 bridgehead atoms. The van der Waals surface area contributed by atoms with E-state index in [1.165, 1.54) is 0 Å². The van der Waals surface area contributed by atoms with Crippen molar-refractivity contribution in [3.8, 4) is 5.75 Å². The molecule has 0 saturated carbocycles. The molecule has 0 aliphatic rings. The molecular weight excluding hydrogens is 296 g/mol. The molecule has 0 heterocycles. The predicted molar refractivity (Wildman–Crippen MR) is 91.1 cm³/mol. The van der Waals surface area contributed by atoms with Gasteiger partial charge in [-0.25, -0.2) is 0 Å². The van der Waals surface area contributed by atoms with Crippen LogP contribution in [0.2, 0.25) is 6.04 Å². The minimum absolute atomic E-state index is 0.295. The Balaban J connectivity index is 2.75. The van der Waals surface area contributed by atoms with Crippen molar-refractivity contribution in [2.75, 3.05) is 19.8 Å². The standard InChI is InChI=1S/C17H30O4Si/c1-4-11-19-22(20-12-5-2,21-13-6-3)14-10-16-8-7-9-17(18)15-16/h7-9,15,18H,4-6,10-14H2,1-3H3. The lowest BCUT2D eigenvalue weighted by Crippen LogP contribution is -2.47. The van der Waals surface area contributed by atoms with Gasteiger partial charge in [-0.1, -0.05) is 32.9 Å². The Labute approximate surface area is 135 Å². The van der Waals surface area contributed by atoms with Crippen LogP contribution in [0.15, 0.2) is 24.3 Å².